The van der Waals surface area contributed by atoms with Gasteiger partial charge in [-0.05, 0) is 6.92 Å². The molecule has 0 aromatic carbocycles. The molecule has 50 heavy (non-hydrogen) atoms. The van der Waals surface area contributed by atoms with Gasteiger partial charge in [0.1, 0.15) is 91.4 Å². The first kappa shape index (κ1) is 41.0. The van der Waals surface area contributed by atoms with Crippen LogP contribution >= 0.6 is 0 Å². The van der Waals surface area contributed by atoms with E-state index in [0.29, 0.717) is 0 Å². The van der Waals surface area contributed by atoms with Gasteiger partial charge in [-0.1, -0.05) is 0 Å². The summed E-state index contributed by atoms with van der Waals surface area (Å²) < 4.78 is 39.4. The Balaban J connectivity index is 1.63. The molecule has 0 radical (unpaired) electrons. The highest BCUT2D eigenvalue weighted by molar-refractivity contribution is 5.73. The van der Waals surface area contributed by atoms with Gasteiger partial charge in [0.15, 0.2) is 25.2 Å². The Hall–Kier alpha value is -1.78. The molecule has 0 aromatic rings. The predicted octanol–water partition coefficient (Wildman–Crippen LogP) is -8.43. The Morgan fingerprint density at radius 3 is 1.46 bits per heavy atom. The van der Waals surface area contributed by atoms with Crippen LogP contribution in [0.4, 0.5) is 0 Å². The number of carbonyl (C=O) groups is 2. The molecule has 0 unspecified atom stereocenters. The van der Waals surface area contributed by atoms with Crippen LogP contribution in [-0.4, -0.2) is 211 Å². The van der Waals surface area contributed by atoms with E-state index in [1.165, 1.54) is 6.92 Å². The summed E-state index contributed by atoms with van der Waals surface area (Å²) in [5.41, 5.74) is 0. The summed E-state index contributed by atoms with van der Waals surface area (Å²) in [5, 5.41) is 120. The predicted molar refractivity (Wildman–Crippen MR) is 156 cm³/mol. The van der Waals surface area contributed by atoms with Crippen molar-refractivity contribution in [2.45, 2.75) is 143 Å². The van der Waals surface area contributed by atoms with E-state index >= 15 is 0 Å². The average Bonchev–Trinajstić information content (AvgIpc) is 3.06. The molecule has 4 heterocycles. The second-order valence-electron chi connectivity index (χ2n) is 12.6. The summed E-state index contributed by atoms with van der Waals surface area (Å²) in [6.07, 6.45) is -30.4. The number of amides is 2. The maximum atomic E-state index is 12.3. The third-order valence-electron chi connectivity index (χ3n) is 8.97. The number of hydrogen-bond donors (Lipinski definition) is 13. The first-order valence-corrected chi connectivity index (χ1v) is 15.9. The third-order valence-corrected chi connectivity index (χ3v) is 8.97. The van der Waals surface area contributed by atoms with Crippen LogP contribution in [0.15, 0.2) is 0 Å². The molecule has 290 valence electrons. The molecule has 0 aromatic heterocycles. The van der Waals surface area contributed by atoms with E-state index in [9.17, 15) is 65.8 Å². The first-order chi connectivity index (χ1) is 23.5. The number of carbonyl (C=O) groups excluding carboxylic acids is 2. The lowest BCUT2D eigenvalue weighted by atomic mass is 9.94. The molecule has 22 nitrogen and oxygen atoms in total. The van der Waals surface area contributed by atoms with Gasteiger partial charge in [-0.25, -0.2) is 0 Å². The summed E-state index contributed by atoms with van der Waals surface area (Å²) >= 11 is 0. The summed E-state index contributed by atoms with van der Waals surface area (Å²) in [6.45, 7) is 0.984. The smallest absolute Gasteiger partial charge is 0.217 e. The fraction of sp³-hybridized carbons (Fsp3) is 0.929. The molecule has 20 atom stereocenters. The lowest BCUT2D eigenvalue weighted by Gasteiger charge is -2.50. The normalized spacial score (nSPS) is 48.5. The van der Waals surface area contributed by atoms with Gasteiger partial charge in [0.2, 0.25) is 11.8 Å². The molecule has 4 rings (SSSR count). The highest BCUT2D eigenvalue weighted by atomic mass is 16.7. The van der Waals surface area contributed by atoms with Crippen molar-refractivity contribution in [3.8, 4) is 0 Å². The van der Waals surface area contributed by atoms with Crippen molar-refractivity contribution in [3.05, 3.63) is 0 Å². The maximum Gasteiger partial charge on any atom is 0.217 e. The van der Waals surface area contributed by atoms with Crippen LogP contribution in [0.2, 0.25) is 0 Å². The minimum Gasteiger partial charge on any atom is -0.394 e. The molecule has 22 heteroatoms. The third kappa shape index (κ3) is 8.70. The fourth-order valence-corrected chi connectivity index (χ4v) is 6.29. The van der Waals surface area contributed by atoms with Gasteiger partial charge >= 0.3 is 0 Å². The first-order valence-electron chi connectivity index (χ1n) is 15.9. The van der Waals surface area contributed by atoms with Crippen LogP contribution in [0, 0.1) is 0 Å². The number of hydrogen-bond acceptors (Lipinski definition) is 20. The second kappa shape index (κ2) is 17.4. The van der Waals surface area contributed by atoms with E-state index in [4.69, 9.17) is 33.2 Å². The van der Waals surface area contributed by atoms with Gasteiger partial charge in [-0.2, -0.15) is 0 Å². The molecular weight excluding hydrogens is 684 g/mol. The molecule has 4 aliphatic heterocycles. The van der Waals surface area contributed by atoms with Crippen LogP contribution < -0.4 is 10.6 Å². The Kier molecular flexibility index (Phi) is 14.2. The molecule has 13 N–H and O–H groups in total. The minimum absolute atomic E-state index is 0.682. The van der Waals surface area contributed by atoms with Gasteiger partial charge in [0.05, 0.1) is 25.9 Å². The monoisotopic (exact) mass is 732 g/mol. The SMILES string of the molecule is CC(=O)N[C@@H]1[C@@H](O[C@@H]2O[C@H](CO)[C@H](O)[C@H](O[C@@H]3O[C@H](CO)[C@@H](O)[C@H](O[C@@H]4O[C@@H](C)[C@@H](O)[C@@H](O)[C@@H]4O)[C@H]3NC(C)=O)[C@H]2O)[C@@H](O)[C@@H](CO)O[C@@H]1O. The largest absolute Gasteiger partial charge is 0.394 e. The number of rotatable bonds is 11. The fourth-order valence-electron chi connectivity index (χ4n) is 6.29. The van der Waals surface area contributed by atoms with Crippen LogP contribution in [0.1, 0.15) is 20.8 Å². The van der Waals surface area contributed by atoms with Crippen LogP contribution in [-0.2, 0) is 42.7 Å². The molecule has 4 saturated heterocycles. The Labute approximate surface area is 285 Å². The van der Waals surface area contributed by atoms with Crippen LogP contribution in [0.25, 0.3) is 0 Å². The summed E-state index contributed by atoms with van der Waals surface area (Å²) in [4.78, 5) is 24.2. The molecule has 0 spiro atoms. The maximum absolute atomic E-state index is 12.3. The molecule has 0 bridgehead atoms. The van der Waals surface area contributed by atoms with Crippen LogP contribution in [0.3, 0.4) is 0 Å². The zero-order valence-corrected chi connectivity index (χ0v) is 27.3. The van der Waals surface area contributed by atoms with E-state index in [2.05, 4.69) is 10.6 Å². The lowest BCUT2D eigenvalue weighted by Crippen LogP contribution is -2.70. The Morgan fingerprint density at radius 1 is 0.520 bits per heavy atom. The number of ether oxygens (including phenoxy) is 7. The van der Waals surface area contributed by atoms with Gasteiger partial charge in [-0.3, -0.25) is 9.59 Å². The minimum atomic E-state index is -2.04. The highest BCUT2D eigenvalue weighted by Gasteiger charge is 2.56. The highest BCUT2D eigenvalue weighted by Crippen LogP contribution is 2.34. The van der Waals surface area contributed by atoms with Crippen molar-refractivity contribution in [2.24, 2.45) is 0 Å². The Bertz CT molecular complexity index is 1130. The van der Waals surface area contributed by atoms with Crippen LogP contribution in [0.5, 0.6) is 0 Å². The number of aliphatic hydroxyl groups excluding tert-OH is 11. The van der Waals surface area contributed by atoms with E-state index in [1.807, 2.05) is 0 Å². The van der Waals surface area contributed by atoms with E-state index in [1.54, 1.807) is 0 Å². The van der Waals surface area contributed by atoms with Crippen molar-refractivity contribution in [2.75, 3.05) is 19.8 Å². The van der Waals surface area contributed by atoms with Crippen molar-refractivity contribution < 1.29 is 98.9 Å². The molecule has 4 aliphatic rings. The summed E-state index contributed by atoms with van der Waals surface area (Å²) in [6, 6.07) is -3.04. The van der Waals surface area contributed by atoms with E-state index in [-0.39, 0.29) is 0 Å². The van der Waals surface area contributed by atoms with Gasteiger partial charge < -0.3 is 100.0 Å². The average molecular weight is 733 g/mol. The number of aliphatic hydroxyl groups is 11. The van der Waals surface area contributed by atoms with E-state index in [0.717, 1.165) is 13.8 Å². The summed E-state index contributed by atoms with van der Waals surface area (Å²) in [7, 11) is 0. The topological polar surface area (TPSA) is 345 Å². The standard InChI is InChI=1S/C28H48N2O20/c1-7-15(36)19(40)20(41)27(44-7)49-23-14(30-9(3)35)26(46-11(5-32)17(23)38)50-24-18(39)12(6-33)47-28(21(24)42)48-22-13(29-8(2)34)25(43)45-10(4-31)16(22)37/h7,10-28,31-33,36-43H,4-6H2,1-3H3,(H,29,34)(H,30,35)/t7-,10+,11+,12+,13+,14+,15+,16-,17+,18-,19+,20-,21+,22+,23+,24-,25-,26-,27-,28-/m0/s1. The molecule has 4 fully saturated rings. The van der Waals surface area contributed by atoms with E-state index < -0.39 is 154 Å². The quantitative estimate of drug-likeness (QED) is 0.0938. The molecule has 0 saturated carbocycles. The zero-order chi connectivity index (χ0) is 37.2. The molecule has 0 aliphatic carbocycles. The zero-order valence-electron chi connectivity index (χ0n) is 27.3. The Morgan fingerprint density at radius 2 is 0.940 bits per heavy atom. The molecule has 2 amide bonds. The number of nitrogens with one attached hydrogen (secondary N) is 2. The van der Waals surface area contributed by atoms with Gasteiger partial charge in [0, 0.05) is 13.8 Å². The van der Waals surface area contributed by atoms with Crippen molar-refractivity contribution in [1.29, 1.82) is 0 Å². The van der Waals surface area contributed by atoms with Crippen molar-refractivity contribution in [3.63, 3.8) is 0 Å². The van der Waals surface area contributed by atoms with Crippen molar-refractivity contribution in [1.82, 2.24) is 10.6 Å². The summed E-state index contributed by atoms with van der Waals surface area (Å²) in [5.74, 6) is -1.42. The van der Waals surface area contributed by atoms with Gasteiger partial charge in [-0.15, -0.1) is 0 Å². The second-order valence-corrected chi connectivity index (χ2v) is 12.6. The van der Waals surface area contributed by atoms with Crippen molar-refractivity contribution >= 4 is 11.8 Å². The molecular formula is C28H48N2O20. The van der Waals surface area contributed by atoms with Gasteiger partial charge in [0.25, 0.3) is 0 Å². The lowest BCUT2D eigenvalue weighted by molar-refractivity contribution is -0.374.